The van der Waals surface area contributed by atoms with Crippen molar-refractivity contribution in [2.45, 2.75) is 0 Å². The second-order valence-electron chi connectivity index (χ2n) is 8.41. The van der Waals surface area contributed by atoms with Crippen LogP contribution in [0.3, 0.4) is 0 Å². The Bertz CT molecular complexity index is 1950. The molecule has 0 saturated carbocycles. The number of benzene rings is 4. The van der Waals surface area contributed by atoms with Crippen LogP contribution in [0.25, 0.3) is 0 Å². The monoisotopic (exact) mass is 580 g/mol. The molecule has 4 aromatic rings. The molecule has 0 amide bonds. The van der Waals surface area contributed by atoms with Crippen molar-refractivity contribution in [3.8, 4) is 47.4 Å². The van der Waals surface area contributed by atoms with Crippen molar-refractivity contribution >= 4 is 23.9 Å². The summed E-state index contributed by atoms with van der Waals surface area (Å²) in [6.07, 6.45) is 0. The molecule has 4 aromatic carbocycles. The third kappa shape index (κ3) is 9.01. The van der Waals surface area contributed by atoms with Crippen molar-refractivity contribution in [3.05, 3.63) is 142 Å². The van der Waals surface area contributed by atoms with Gasteiger partial charge in [0.05, 0.1) is 27.8 Å². The van der Waals surface area contributed by atoms with Crippen LogP contribution in [0.15, 0.2) is 97.1 Å². The van der Waals surface area contributed by atoms with Crippen molar-refractivity contribution < 1.29 is 39.6 Å². The van der Waals surface area contributed by atoms with Crippen LogP contribution in [0.4, 0.5) is 0 Å². The van der Waals surface area contributed by atoms with Gasteiger partial charge in [-0.1, -0.05) is 72.2 Å². The van der Waals surface area contributed by atoms with Crippen molar-refractivity contribution in [2.24, 2.45) is 0 Å². The molecule has 0 fully saturated rings. The normalized spacial score (nSPS) is 8.91. The van der Waals surface area contributed by atoms with Gasteiger partial charge >= 0.3 is 23.9 Å². The zero-order valence-electron chi connectivity index (χ0n) is 22.7. The number of aromatic carboxylic acids is 4. The second-order valence-corrected chi connectivity index (χ2v) is 8.41. The quantitative estimate of drug-likeness (QED) is 0.247. The molecule has 0 aromatic heterocycles. The van der Waals surface area contributed by atoms with Gasteiger partial charge in [-0.2, -0.15) is 0 Å². The van der Waals surface area contributed by atoms with Crippen LogP contribution in [0, 0.1) is 47.4 Å². The van der Waals surface area contributed by atoms with Crippen molar-refractivity contribution in [1.82, 2.24) is 0 Å². The predicted octanol–water partition coefficient (Wildman–Crippen LogP) is 4.97. The Morgan fingerprint density at radius 3 is 1.25 bits per heavy atom. The molecule has 0 aliphatic carbocycles. The first-order valence-electron chi connectivity index (χ1n) is 12.5. The summed E-state index contributed by atoms with van der Waals surface area (Å²) in [5, 5.41) is 36.1. The summed E-state index contributed by atoms with van der Waals surface area (Å²) in [5.74, 6) is 16.5. The van der Waals surface area contributed by atoms with Crippen LogP contribution in [0.5, 0.6) is 0 Å². The highest BCUT2D eigenvalue weighted by atomic mass is 16.4. The van der Waals surface area contributed by atoms with E-state index in [1.165, 1.54) is 36.4 Å². The molecule has 44 heavy (non-hydrogen) atoms. The summed E-state index contributed by atoms with van der Waals surface area (Å²) in [6, 6.07) is 26.5. The minimum atomic E-state index is -1.42. The first-order chi connectivity index (χ1) is 21.2. The van der Waals surface area contributed by atoms with Gasteiger partial charge < -0.3 is 20.4 Å². The minimum absolute atomic E-state index is 0.0197. The summed E-state index contributed by atoms with van der Waals surface area (Å²) in [6.45, 7) is 0. The predicted molar refractivity (Wildman–Crippen MR) is 161 cm³/mol. The van der Waals surface area contributed by atoms with Gasteiger partial charge in [0.1, 0.15) is 0 Å². The fraction of sp³-hybridized carbons (Fsp3) is 0. The highest BCUT2D eigenvalue weighted by Gasteiger charge is 2.21. The summed E-state index contributed by atoms with van der Waals surface area (Å²) in [4.78, 5) is 44.3. The topological polar surface area (TPSA) is 149 Å². The molecule has 0 bridgehead atoms. The summed E-state index contributed by atoms with van der Waals surface area (Å²) < 4.78 is 0. The minimum Gasteiger partial charge on any atom is -0.478 e. The molecule has 0 saturated heterocycles. The number of carbonyl (C=O) groups is 4. The van der Waals surface area contributed by atoms with Crippen LogP contribution in [-0.4, -0.2) is 44.3 Å². The highest BCUT2D eigenvalue weighted by molar-refractivity contribution is 6.04. The Morgan fingerprint density at radius 2 is 0.818 bits per heavy atom. The molecule has 4 rings (SSSR count). The van der Waals surface area contributed by atoms with E-state index in [4.69, 9.17) is 10.2 Å². The highest BCUT2D eigenvalue weighted by Crippen LogP contribution is 2.19. The number of hydrogen-bond donors (Lipinski definition) is 4. The van der Waals surface area contributed by atoms with E-state index in [2.05, 4.69) is 47.4 Å². The summed E-state index contributed by atoms with van der Waals surface area (Å²) in [7, 11) is 0. The maximum absolute atomic E-state index is 11.8. The van der Waals surface area contributed by atoms with Gasteiger partial charge in [0, 0.05) is 16.7 Å². The van der Waals surface area contributed by atoms with Crippen molar-refractivity contribution in [2.75, 3.05) is 0 Å². The Morgan fingerprint density at radius 1 is 0.409 bits per heavy atom. The van der Waals surface area contributed by atoms with E-state index in [-0.39, 0.29) is 27.8 Å². The molecule has 0 unspecified atom stereocenters. The molecule has 0 radical (unpaired) electrons. The molecule has 0 atom stereocenters. The Labute approximate surface area is 252 Å². The molecule has 0 heterocycles. The lowest BCUT2D eigenvalue weighted by Gasteiger charge is -2.06. The summed E-state index contributed by atoms with van der Waals surface area (Å²) >= 11 is 0. The van der Waals surface area contributed by atoms with Crippen LogP contribution >= 0.6 is 0 Å². The number of carboxylic acid groups (broad SMARTS) is 4. The van der Waals surface area contributed by atoms with Crippen molar-refractivity contribution in [3.63, 3.8) is 0 Å². The van der Waals surface area contributed by atoms with Crippen LogP contribution < -0.4 is 0 Å². The average molecular weight is 581 g/mol. The van der Waals surface area contributed by atoms with Crippen LogP contribution in [0.2, 0.25) is 0 Å². The molecule has 4 N–H and O–H groups in total. The molecule has 0 spiro atoms. The number of carboxylic acids is 4. The molecule has 8 heteroatoms. The summed E-state index contributed by atoms with van der Waals surface area (Å²) in [5.41, 5.74) is 0.571. The fourth-order valence-corrected chi connectivity index (χ4v) is 3.54. The SMILES string of the molecule is O=C(O)c1ccc(C#CC#Cc2ccccc2)c(C#CC#Cc2ccccc2)c1C(=O)O.O=C(O)c1ccccc1C(=O)O. The Hall–Kier alpha value is -7.00. The Balaban J connectivity index is 0.000000369. The van der Waals surface area contributed by atoms with Crippen molar-refractivity contribution in [1.29, 1.82) is 0 Å². The zero-order chi connectivity index (χ0) is 31.9. The fourth-order valence-electron chi connectivity index (χ4n) is 3.54. The van der Waals surface area contributed by atoms with E-state index >= 15 is 0 Å². The van der Waals surface area contributed by atoms with Gasteiger partial charge in [0.2, 0.25) is 0 Å². The van der Waals surface area contributed by atoms with E-state index in [1.807, 2.05) is 60.7 Å². The average Bonchev–Trinajstić information content (AvgIpc) is 3.02. The van der Waals surface area contributed by atoms with E-state index in [0.717, 1.165) is 11.1 Å². The van der Waals surface area contributed by atoms with Gasteiger partial charge in [0.25, 0.3) is 0 Å². The number of rotatable bonds is 4. The third-order valence-corrected chi connectivity index (χ3v) is 5.51. The lowest BCUT2D eigenvalue weighted by atomic mass is 9.96. The molecule has 8 nitrogen and oxygen atoms in total. The van der Waals surface area contributed by atoms with E-state index < -0.39 is 29.4 Å². The molecule has 0 aliphatic heterocycles. The largest absolute Gasteiger partial charge is 0.478 e. The van der Waals surface area contributed by atoms with Gasteiger partial charge in [-0.25, -0.2) is 19.2 Å². The first-order valence-corrected chi connectivity index (χ1v) is 12.5. The molecule has 212 valence electrons. The van der Waals surface area contributed by atoms with Gasteiger partial charge in [0.15, 0.2) is 0 Å². The standard InChI is InChI=1S/C28H14O4.C8H6O4/c29-27(30)25-20-19-23(17-9-7-15-21-11-3-1-4-12-21)24(26(25)28(31)32)18-10-8-16-22-13-5-2-6-14-22;9-7(10)5-3-1-2-4-6(5)8(11)12/h1-6,11-14,19-20H,(H,29,30)(H,31,32);1-4H,(H,9,10)(H,11,12). The molecular weight excluding hydrogens is 560 g/mol. The van der Waals surface area contributed by atoms with Crippen LogP contribution in [-0.2, 0) is 0 Å². The molecule has 0 aliphatic rings. The van der Waals surface area contributed by atoms with Gasteiger partial charge in [-0.05, 0) is 72.2 Å². The van der Waals surface area contributed by atoms with E-state index in [9.17, 15) is 29.4 Å². The number of hydrogen-bond acceptors (Lipinski definition) is 4. The van der Waals surface area contributed by atoms with E-state index in [1.54, 1.807) is 0 Å². The van der Waals surface area contributed by atoms with Gasteiger partial charge in [-0.3, -0.25) is 0 Å². The zero-order valence-corrected chi connectivity index (χ0v) is 22.7. The third-order valence-electron chi connectivity index (χ3n) is 5.51. The molecular formula is C36H20O8. The Kier molecular flexibility index (Phi) is 11.2. The smallest absolute Gasteiger partial charge is 0.337 e. The lowest BCUT2D eigenvalue weighted by molar-refractivity contribution is 0.0651. The van der Waals surface area contributed by atoms with Crippen LogP contribution in [0.1, 0.15) is 63.7 Å². The van der Waals surface area contributed by atoms with E-state index in [0.29, 0.717) is 0 Å². The second kappa shape index (κ2) is 15.7. The maximum Gasteiger partial charge on any atom is 0.337 e. The first kappa shape index (κ1) is 31.5. The lowest BCUT2D eigenvalue weighted by Crippen LogP contribution is -2.11. The van der Waals surface area contributed by atoms with Gasteiger partial charge in [-0.15, -0.1) is 0 Å². The maximum atomic E-state index is 11.8.